The van der Waals surface area contributed by atoms with Crippen molar-refractivity contribution >= 4 is 45.5 Å². The zero-order valence-electron chi connectivity index (χ0n) is 16.3. The predicted octanol–water partition coefficient (Wildman–Crippen LogP) is 4.53. The molecule has 1 aromatic heterocycles. The molecule has 31 heavy (non-hydrogen) atoms. The summed E-state index contributed by atoms with van der Waals surface area (Å²) in [6.45, 7) is 2.09. The molecule has 7 nitrogen and oxygen atoms in total. The summed E-state index contributed by atoms with van der Waals surface area (Å²) in [7, 11) is 0. The molecule has 2 N–H and O–H groups in total. The highest BCUT2D eigenvalue weighted by Gasteiger charge is 2.48. The van der Waals surface area contributed by atoms with Gasteiger partial charge < -0.3 is 14.9 Å². The Labute approximate surface area is 186 Å². The van der Waals surface area contributed by atoms with Crippen LogP contribution in [0, 0.1) is 0 Å². The van der Waals surface area contributed by atoms with Crippen LogP contribution in [0.2, 0.25) is 5.02 Å². The summed E-state index contributed by atoms with van der Waals surface area (Å²) in [5.74, 6) is -1.84. The number of rotatable bonds is 5. The molecule has 1 unspecified atom stereocenters. The van der Waals surface area contributed by atoms with Crippen molar-refractivity contribution in [2.24, 2.45) is 0 Å². The minimum absolute atomic E-state index is 0.0745. The highest BCUT2D eigenvalue weighted by molar-refractivity contribution is 7.14. The molecule has 2 aromatic carbocycles. The summed E-state index contributed by atoms with van der Waals surface area (Å²) < 4.78 is 5.47. The van der Waals surface area contributed by atoms with Gasteiger partial charge in [0.25, 0.3) is 5.78 Å². The lowest BCUT2D eigenvalue weighted by molar-refractivity contribution is -0.132. The van der Waals surface area contributed by atoms with Crippen molar-refractivity contribution in [1.82, 2.24) is 4.98 Å². The molecule has 0 bridgehead atoms. The fourth-order valence-electron chi connectivity index (χ4n) is 3.42. The smallest absolute Gasteiger partial charge is 0.301 e. The predicted molar refractivity (Wildman–Crippen MR) is 118 cm³/mol. The van der Waals surface area contributed by atoms with Crippen molar-refractivity contribution < 1.29 is 24.5 Å². The van der Waals surface area contributed by atoms with E-state index in [0.717, 1.165) is 0 Å². The van der Waals surface area contributed by atoms with E-state index in [2.05, 4.69) is 4.98 Å². The number of phenols is 1. The van der Waals surface area contributed by atoms with Gasteiger partial charge in [0.15, 0.2) is 16.6 Å². The lowest BCUT2D eigenvalue weighted by atomic mass is 9.95. The average Bonchev–Trinajstić information content (AvgIpc) is 3.37. The number of thiazole rings is 1. The van der Waals surface area contributed by atoms with Crippen LogP contribution in [-0.2, 0) is 9.59 Å². The van der Waals surface area contributed by atoms with Gasteiger partial charge in [-0.25, -0.2) is 4.98 Å². The maximum atomic E-state index is 13.0. The molecule has 9 heteroatoms. The number of phenolic OH excluding ortho intramolecular Hbond substituents is 1. The quantitative estimate of drug-likeness (QED) is 0.332. The Morgan fingerprint density at radius 1 is 1.23 bits per heavy atom. The van der Waals surface area contributed by atoms with Crippen LogP contribution in [-0.4, -0.2) is 33.5 Å². The Morgan fingerprint density at radius 2 is 1.97 bits per heavy atom. The zero-order valence-corrected chi connectivity index (χ0v) is 17.9. The summed E-state index contributed by atoms with van der Waals surface area (Å²) in [6, 6.07) is 9.87. The number of ether oxygens (including phenoxy) is 1. The van der Waals surface area contributed by atoms with E-state index in [1.807, 2.05) is 0 Å². The van der Waals surface area contributed by atoms with Crippen molar-refractivity contribution in [2.75, 3.05) is 11.5 Å². The van der Waals surface area contributed by atoms with Gasteiger partial charge in [0, 0.05) is 22.2 Å². The summed E-state index contributed by atoms with van der Waals surface area (Å²) in [5, 5.41) is 23.6. The number of nitrogens with zero attached hydrogens (tertiary/aromatic N) is 2. The molecule has 3 aromatic rings. The van der Waals surface area contributed by atoms with E-state index in [0.29, 0.717) is 27.9 Å². The Balaban J connectivity index is 1.94. The van der Waals surface area contributed by atoms with Crippen molar-refractivity contribution in [3.05, 3.63) is 75.8 Å². The number of aromatic hydroxyl groups is 1. The molecule has 1 saturated heterocycles. The normalized spacial score (nSPS) is 17.9. The molecule has 1 fully saturated rings. The zero-order chi connectivity index (χ0) is 22.1. The molecule has 1 aliphatic rings. The van der Waals surface area contributed by atoms with E-state index < -0.39 is 17.7 Å². The van der Waals surface area contributed by atoms with Gasteiger partial charge in [0.05, 0.1) is 18.2 Å². The maximum Gasteiger partial charge on any atom is 0.301 e. The number of carbonyl (C=O) groups is 2. The van der Waals surface area contributed by atoms with Crippen LogP contribution in [0.25, 0.3) is 5.76 Å². The minimum Gasteiger partial charge on any atom is -0.507 e. The highest BCUT2D eigenvalue weighted by atomic mass is 35.5. The molecule has 1 atom stereocenters. The SMILES string of the molecule is CCOc1cc(C2C(=C(O)c3ccc(Cl)cc3)C(=O)C(=O)N2c2nccs2)ccc1O. The van der Waals surface area contributed by atoms with Crippen LogP contribution < -0.4 is 9.64 Å². The molecule has 0 aliphatic carbocycles. The van der Waals surface area contributed by atoms with Crippen LogP contribution in [0.5, 0.6) is 11.5 Å². The van der Waals surface area contributed by atoms with E-state index in [-0.39, 0.29) is 22.8 Å². The van der Waals surface area contributed by atoms with Gasteiger partial charge in [0.1, 0.15) is 5.76 Å². The number of benzene rings is 2. The molecule has 0 spiro atoms. The molecule has 1 amide bonds. The Kier molecular flexibility index (Phi) is 5.67. The molecule has 0 radical (unpaired) electrons. The standard InChI is InChI=1S/C22H17ClN2O5S/c1-2-30-16-11-13(5-8-15(16)26)18-17(19(27)12-3-6-14(23)7-4-12)20(28)21(29)25(18)22-24-9-10-31-22/h3-11,18,26-27H,2H2,1H3. The van der Waals surface area contributed by atoms with Gasteiger partial charge in [-0.2, -0.15) is 0 Å². The number of ketones is 1. The van der Waals surface area contributed by atoms with Crippen molar-refractivity contribution in [1.29, 1.82) is 0 Å². The van der Waals surface area contributed by atoms with Gasteiger partial charge in [0.2, 0.25) is 0 Å². The molecule has 1 aliphatic heterocycles. The topological polar surface area (TPSA) is 100.0 Å². The maximum absolute atomic E-state index is 13.0. The van der Waals surface area contributed by atoms with Gasteiger partial charge in [-0.3, -0.25) is 14.5 Å². The van der Waals surface area contributed by atoms with E-state index >= 15 is 0 Å². The third-order valence-electron chi connectivity index (χ3n) is 4.79. The molecular formula is C22H17ClN2O5S. The number of hydrogen-bond acceptors (Lipinski definition) is 7. The monoisotopic (exact) mass is 456 g/mol. The first-order valence-electron chi connectivity index (χ1n) is 9.34. The van der Waals surface area contributed by atoms with E-state index in [1.54, 1.807) is 48.7 Å². The van der Waals surface area contributed by atoms with E-state index in [1.165, 1.54) is 28.5 Å². The fourth-order valence-corrected chi connectivity index (χ4v) is 4.21. The fraction of sp³-hybridized carbons (Fsp3) is 0.136. The van der Waals surface area contributed by atoms with E-state index in [4.69, 9.17) is 16.3 Å². The number of carbonyl (C=O) groups excluding carboxylic acids is 2. The number of Topliss-reactive ketones (excluding diaryl/α,β-unsaturated/α-hetero) is 1. The molecule has 158 valence electrons. The molecular weight excluding hydrogens is 440 g/mol. The first kappa shape index (κ1) is 20.9. The van der Waals surface area contributed by atoms with Crippen LogP contribution in [0.1, 0.15) is 24.1 Å². The van der Waals surface area contributed by atoms with Crippen molar-refractivity contribution in [3.8, 4) is 11.5 Å². The Morgan fingerprint density at radius 3 is 2.61 bits per heavy atom. The number of halogens is 1. The number of hydrogen-bond donors (Lipinski definition) is 2. The Bertz CT molecular complexity index is 1180. The third kappa shape index (κ3) is 3.75. The average molecular weight is 457 g/mol. The second kappa shape index (κ2) is 8.41. The van der Waals surface area contributed by atoms with Crippen molar-refractivity contribution in [2.45, 2.75) is 13.0 Å². The van der Waals surface area contributed by atoms with Gasteiger partial charge in [-0.05, 0) is 48.9 Å². The third-order valence-corrected chi connectivity index (χ3v) is 5.81. The second-order valence-corrected chi connectivity index (χ2v) is 7.96. The molecule has 0 saturated carbocycles. The number of aliphatic hydroxyl groups is 1. The Hall–Kier alpha value is -3.36. The minimum atomic E-state index is -0.957. The summed E-state index contributed by atoms with van der Waals surface area (Å²) in [6.07, 6.45) is 1.53. The van der Waals surface area contributed by atoms with Gasteiger partial charge >= 0.3 is 5.91 Å². The van der Waals surface area contributed by atoms with Crippen molar-refractivity contribution in [3.63, 3.8) is 0 Å². The summed E-state index contributed by atoms with van der Waals surface area (Å²) in [4.78, 5) is 31.4. The second-order valence-electron chi connectivity index (χ2n) is 6.65. The lowest BCUT2D eigenvalue weighted by Crippen LogP contribution is -2.29. The van der Waals surface area contributed by atoms with Gasteiger partial charge in [-0.1, -0.05) is 17.7 Å². The molecule has 4 rings (SSSR count). The van der Waals surface area contributed by atoms with Crippen LogP contribution in [0.4, 0.5) is 5.13 Å². The number of amides is 1. The lowest BCUT2D eigenvalue weighted by Gasteiger charge is -2.23. The largest absolute Gasteiger partial charge is 0.507 e. The van der Waals surface area contributed by atoms with Crippen LogP contribution in [0.3, 0.4) is 0 Å². The van der Waals surface area contributed by atoms with Crippen LogP contribution in [0.15, 0.2) is 59.6 Å². The summed E-state index contributed by atoms with van der Waals surface area (Å²) >= 11 is 7.13. The summed E-state index contributed by atoms with van der Waals surface area (Å²) in [5.41, 5.74) is 0.733. The van der Waals surface area contributed by atoms with Crippen LogP contribution >= 0.6 is 22.9 Å². The highest BCUT2D eigenvalue weighted by Crippen LogP contribution is 2.44. The first-order chi connectivity index (χ1) is 14.9. The van der Waals surface area contributed by atoms with Gasteiger partial charge in [-0.15, -0.1) is 11.3 Å². The number of anilines is 1. The number of aromatic nitrogens is 1. The van der Waals surface area contributed by atoms with E-state index in [9.17, 15) is 19.8 Å². The number of aliphatic hydroxyl groups excluding tert-OH is 1. The first-order valence-corrected chi connectivity index (χ1v) is 10.6. The molecule has 2 heterocycles.